The summed E-state index contributed by atoms with van der Waals surface area (Å²) in [6.07, 6.45) is -1.82. The molecule has 1 aliphatic rings. The molecular formula is C14H12F3NO2. The number of halogens is 3. The van der Waals surface area contributed by atoms with E-state index in [1.165, 1.54) is 30.4 Å². The van der Waals surface area contributed by atoms with E-state index in [0.29, 0.717) is 5.70 Å². The number of alkyl halides is 3. The maximum Gasteiger partial charge on any atom is 0.416 e. The van der Waals surface area contributed by atoms with Gasteiger partial charge in [0.25, 0.3) is 0 Å². The van der Waals surface area contributed by atoms with Gasteiger partial charge in [0, 0.05) is 5.70 Å². The molecule has 2 N–H and O–H groups in total. The quantitative estimate of drug-likeness (QED) is 0.875. The molecule has 1 heterocycles. The van der Waals surface area contributed by atoms with Crippen LogP contribution in [0.1, 0.15) is 24.1 Å². The Hall–Kier alpha value is -2.24. The fraction of sp³-hybridized carbons (Fsp3) is 0.214. The van der Waals surface area contributed by atoms with Crippen molar-refractivity contribution in [2.75, 3.05) is 0 Å². The molecule has 1 aromatic rings. The van der Waals surface area contributed by atoms with Gasteiger partial charge < -0.3 is 10.4 Å². The van der Waals surface area contributed by atoms with E-state index >= 15 is 0 Å². The second-order valence-corrected chi connectivity index (χ2v) is 4.46. The number of allylic oxidation sites excluding steroid dienone is 1. The van der Waals surface area contributed by atoms with Crippen LogP contribution in [0.15, 0.2) is 47.7 Å². The molecule has 2 rings (SSSR count). The first kappa shape index (κ1) is 14.2. The molecular weight excluding hydrogens is 271 g/mol. The van der Waals surface area contributed by atoms with Crippen LogP contribution >= 0.6 is 0 Å². The van der Waals surface area contributed by atoms with Crippen LogP contribution in [0.25, 0.3) is 0 Å². The summed E-state index contributed by atoms with van der Waals surface area (Å²) in [6, 6.07) is 4.31. The molecule has 1 unspecified atom stereocenters. The van der Waals surface area contributed by atoms with Crippen LogP contribution in [0.2, 0.25) is 0 Å². The molecule has 3 nitrogen and oxygen atoms in total. The fourth-order valence-electron chi connectivity index (χ4n) is 2.12. The van der Waals surface area contributed by atoms with Gasteiger partial charge in [0.1, 0.15) is 0 Å². The van der Waals surface area contributed by atoms with Crippen molar-refractivity contribution < 1.29 is 23.1 Å². The smallest absolute Gasteiger partial charge is 0.416 e. The summed E-state index contributed by atoms with van der Waals surface area (Å²) in [7, 11) is 0. The fourth-order valence-corrected chi connectivity index (χ4v) is 2.12. The summed E-state index contributed by atoms with van der Waals surface area (Å²) in [4.78, 5) is 11.0. The highest BCUT2D eigenvalue weighted by molar-refractivity contribution is 5.90. The number of carbonyl (C=O) groups is 1. The summed E-state index contributed by atoms with van der Waals surface area (Å²) < 4.78 is 38.9. The molecule has 0 aliphatic carbocycles. The van der Waals surface area contributed by atoms with E-state index in [2.05, 4.69) is 5.32 Å². The zero-order chi connectivity index (χ0) is 14.9. The van der Waals surface area contributed by atoms with Crippen LogP contribution in [-0.2, 0) is 11.0 Å². The normalized spacial score (nSPS) is 18.9. The van der Waals surface area contributed by atoms with E-state index in [-0.39, 0.29) is 11.1 Å². The van der Waals surface area contributed by atoms with Gasteiger partial charge >= 0.3 is 12.1 Å². The zero-order valence-corrected chi connectivity index (χ0v) is 10.5. The number of aliphatic carboxylic acids is 1. The third-order valence-corrected chi connectivity index (χ3v) is 2.95. The van der Waals surface area contributed by atoms with Gasteiger partial charge in [0.05, 0.1) is 17.2 Å². The van der Waals surface area contributed by atoms with Gasteiger partial charge in [-0.2, -0.15) is 13.2 Å². The highest BCUT2D eigenvalue weighted by atomic mass is 19.4. The molecule has 0 spiro atoms. The van der Waals surface area contributed by atoms with Crippen molar-refractivity contribution in [3.8, 4) is 0 Å². The first-order valence-electron chi connectivity index (χ1n) is 5.85. The predicted octanol–water partition coefficient (Wildman–Crippen LogP) is 3.26. The van der Waals surface area contributed by atoms with Gasteiger partial charge in [0.2, 0.25) is 0 Å². The first-order valence-corrected chi connectivity index (χ1v) is 5.85. The molecule has 0 radical (unpaired) electrons. The molecule has 20 heavy (non-hydrogen) atoms. The number of carboxylic acids is 1. The van der Waals surface area contributed by atoms with Gasteiger partial charge in [-0.1, -0.05) is 18.2 Å². The van der Waals surface area contributed by atoms with E-state index in [1.807, 2.05) is 0 Å². The van der Waals surface area contributed by atoms with Crippen LogP contribution in [-0.4, -0.2) is 11.1 Å². The Balaban J connectivity index is 2.48. The Bertz CT molecular complexity index is 603. The highest BCUT2D eigenvalue weighted by Gasteiger charge is 2.35. The van der Waals surface area contributed by atoms with E-state index in [1.54, 1.807) is 6.92 Å². The second kappa shape index (κ2) is 5.03. The van der Waals surface area contributed by atoms with Crippen molar-refractivity contribution in [3.63, 3.8) is 0 Å². The van der Waals surface area contributed by atoms with Gasteiger partial charge in [-0.15, -0.1) is 0 Å². The highest BCUT2D eigenvalue weighted by Crippen LogP contribution is 2.36. The Morgan fingerprint density at radius 3 is 2.55 bits per heavy atom. The van der Waals surface area contributed by atoms with Crippen molar-refractivity contribution in [2.24, 2.45) is 0 Å². The molecule has 0 saturated carbocycles. The van der Waals surface area contributed by atoms with Crippen molar-refractivity contribution in [1.29, 1.82) is 0 Å². The molecule has 0 aromatic heterocycles. The second-order valence-electron chi connectivity index (χ2n) is 4.46. The molecule has 0 fully saturated rings. The summed E-state index contributed by atoms with van der Waals surface area (Å²) in [5, 5.41) is 11.8. The van der Waals surface area contributed by atoms with E-state index in [4.69, 9.17) is 5.11 Å². The van der Waals surface area contributed by atoms with Gasteiger partial charge in [-0.25, -0.2) is 4.79 Å². The summed E-state index contributed by atoms with van der Waals surface area (Å²) in [5.41, 5.74) is -0.283. The Kier molecular flexibility index (Phi) is 3.57. The molecule has 0 amide bonds. The molecule has 1 aromatic carbocycles. The molecule has 0 bridgehead atoms. The summed E-state index contributed by atoms with van der Waals surface area (Å²) in [5.74, 6) is -1.17. The summed E-state index contributed by atoms with van der Waals surface area (Å²) in [6.45, 7) is 1.61. The average Bonchev–Trinajstić information content (AvgIpc) is 2.37. The molecule has 0 saturated heterocycles. The van der Waals surface area contributed by atoms with Crippen LogP contribution in [0.5, 0.6) is 0 Å². The topological polar surface area (TPSA) is 49.3 Å². The predicted molar refractivity (Wildman–Crippen MR) is 66.8 cm³/mol. The Morgan fingerprint density at radius 2 is 1.95 bits per heavy atom. The average molecular weight is 283 g/mol. The lowest BCUT2D eigenvalue weighted by Gasteiger charge is -2.24. The first-order chi connectivity index (χ1) is 9.29. The lowest BCUT2D eigenvalue weighted by Crippen LogP contribution is -2.25. The number of hydrogen-bond donors (Lipinski definition) is 2. The van der Waals surface area contributed by atoms with Crippen molar-refractivity contribution in [3.05, 3.63) is 58.8 Å². The SMILES string of the molecule is CC1=CC(C(=O)O)=CC(c2ccccc2C(F)(F)F)N1. The van der Waals surface area contributed by atoms with Crippen LogP contribution in [0.3, 0.4) is 0 Å². The van der Waals surface area contributed by atoms with Gasteiger partial charge in [0.15, 0.2) is 0 Å². The number of benzene rings is 1. The van der Waals surface area contributed by atoms with Crippen LogP contribution < -0.4 is 5.32 Å². The van der Waals surface area contributed by atoms with E-state index in [0.717, 1.165) is 6.07 Å². The number of dihydropyridines is 1. The lowest BCUT2D eigenvalue weighted by molar-refractivity contribution is -0.138. The van der Waals surface area contributed by atoms with E-state index < -0.39 is 23.8 Å². The van der Waals surface area contributed by atoms with Gasteiger partial charge in [-0.05, 0) is 30.7 Å². The van der Waals surface area contributed by atoms with Crippen molar-refractivity contribution in [1.82, 2.24) is 5.32 Å². The maximum atomic E-state index is 13.0. The van der Waals surface area contributed by atoms with E-state index in [9.17, 15) is 18.0 Å². The third-order valence-electron chi connectivity index (χ3n) is 2.95. The minimum absolute atomic E-state index is 0.00574. The number of rotatable bonds is 2. The minimum Gasteiger partial charge on any atom is -0.478 e. The zero-order valence-electron chi connectivity index (χ0n) is 10.5. The minimum atomic E-state index is -4.48. The largest absolute Gasteiger partial charge is 0.478 e. The van der Waals surface area contributed by atoms with Crippen molar-refractivity contribution in [2.45, 2.75) is 19.1 Å². The molecule has 1 atom stereocenters. The number of hydrogen-bond acceptors (Lipinski definition) is 2. The van der Waals surface area contributed by atoms with Crippen LogP contribution in [0.4, 0.5) is 13.2 Å². The summed E-state index contributed by atoms with van der Waals surface area (Å²) >= 11 is 0. The van der Waals surface area contributed by atoms with Gasteiger partial charge in [-0.3, -0.25) is 0 Å². The Labute approximate surface area is 113 Å². The number of carboxylic acid groups (broad SMARTS) is 1. The monoisotopic (exact) mass is 283 g/mol. The van der Waals surface area contributed by atoms with Crippen molar-refractivity contribution >= 4 is 5.97 Å². The molecule has 1 aliphatic heterocycles. The van der Waals surface area contributed by atoms with Crippen LogP contribution in [0, 0.1) is 0 Å². The third kappa shape index (κ3) is 2.84. The molecule has 6 heteroatoms. The Morgan fingerprint density at radius 1 is 1.30 bits per heavy atom. The maximum absolute atomic E-state index is 13.0. The number of nitrogens with one attached hydrogen (secondary N) is 1. The molecule has 106 valence electrons. The lowest BCUT2D eigenvalue weighted by atomic mass is 9.95. The standard InChI is InChI=1S/C14H12F3NO2/c1-8-6-9(13(19)20)7-12(18-8)10-4-2-3-5-11(10)14(15,16)17/h2-7,12,18H,1H3,(H,19,20).